The van der Waals surface area contributed by atoms with Gasteiger partial charge in [-0.05, 0) is 105 Å². The molecule has 7 rings (SSSR count). The number of hydrogen-bond acceptors (Lipinski definition) is 6. The summed E-state index contributed by atoms with van der Waals surface area (Å²) in [5, 5.41) is 23.3. The molecule has 0 unspecified atom stereocenters. The van der Waals surface area contributed by atoms with Crippen molar-refractivity contribution < 1.29 is 19.0 Å². The van der Waals surface area contributed by atoms with Gasteiger partial charge in [-0.3, -0.25) is 9.36 Å². The number of aromatic nitrogens is 5. The third-order valence-electron chi connectivity index (χ3n) is 9.63. The van der Waals surface area contributed by atoms with E-state index in [2.05, 4.69) is 6.07 Å². The van der Waals surface area contributed by atoms with Crippen LogP contribution in [-0.4, -0.2) is 48.4 Å². The average molecular weight is 715 g/mol. The summed E-state index contributed by atoms with van der Waals surface area (Å²) >= 11 is 8.78. The van der Waals surface area contributed by atoms with Crippen molar-refractivity contribution in [2.75, 3.05) is 13.2 Å². The van der Waals surface area contributed by atoms with Gasteiger partial charge in [0.05, 0.1) is 18.0 Å². The molecule has 0 spiro atoms. The Morgan fingerprint density at radius 2 is 1.92 bits per heavy atom. The summed E-state index contributed by atoms with van der Waals surface area (Å²) in [6.07, 6.45) is 2.82. The lowest BCUT2D eigenvalue weighted by Crippen LogP contribution is -2.12. The first-order chi connectivity index (χ1) is 24.1. The lowest BCUT2D eigenvalue weighted by atomic mass is 9.97. The Bertz CT molecular complexity index is 2260. The third kappa shape index (κ3) is 6.38. The number of nitrogens with two attached hydrogens (primary N) is 1. The average Bonchev–Trinajstić information content (AvgIpc) is 3.69. The highest BCUT2D eigenvalue weighted by Crippen LogP contribution is 2.43. The van der Waals surface area contributed by atoms with Crippen molar-refractivity contribution in [1.82, 2.24) is 24.1 Å². The molecule has 6 aromatic rings. The standard InChI is InChI=1S/C38H40ClFN6O3S/c1-22-34-32-11-10-30(39)36(34)35-23(2)46(14-4-12-41)43-31(35)21-50-20-27-19-28(44(3)42-27)8-6-24-16-25-18-26(40)7-9-29(25)33(17-24)49-15-5-13-45(32)37(22)38(47)48/h7,9-11,16-19H,4-6,8,12-15,20-21,41H2,1-3H3,(H,47,48). The third-order valence-corrected chi connectivity index (χ3v) is 10.9. The molecule has 0 fully saturated rings. The van der Waals surface area contributed by atoms with E-state index in [-0.39, 0.29) is 11.5 Å². The summed E-state index contributed by atoms with van der Waals surface area (Å²) in [6.45, 7) is 5.87. The zero-order chi connectivity index (χ0) is 35.1. The van der Waals surface area contributed by atoms with E-state index in [1.54, 1.807) is 17.8 Å². The fourth-order valence-electron chi connectivity index (χ4n) is 7.29. The Balaban J connectivity index is 1.36. The van der Waals surface area contributed by atoms with Gasteiger partial charge in [0.1, 0.15) is 17.3 Å². The van der Waals surface area contributed by atoms with Crippen LogP contribution in [0.25, 0.3) is 32.8 Å². The Morgan fingerprint density at radius 3 is 2.72 bits per heavy atom. The van der Waals surface area contributed by atoms with Crippen LogP contribution >= 0.6 is 23.4 Å². The number of benzene rings is 3. The molecule has 12 heteroatoms. The molecule has 0 aliphatic carbocycles. The van der Waals surface area contributed by atoms with Crippen molar-refractivity contribution in [3.63, 3.8) is 0 Å². The fourth-order valence-corrected chi connectivity index (χ4v) is 8.39. The summed E-state index contributed by atoms with van der Waals surface area (Å²) in [5.41, 5.74) is 14.3. The summed E-state index contributed by atoms with van der Waals surface area (Å²) in [5.74, 6) is 0.681. The van der Waals surface area contributed by atoms with Gasteiger partial charge in [-0.15, -0.1) is 11.8 Å². The number of rotatable bonds is 4. The Hall–Kier alpha value is -4.32. The van der Waals surface area contributed by atoms with Crippen LogP contribution in [0.2, 0.25) is 5.02 Å². The molecule has 3 N–H and O–H groups in total. The summed E-state index contributed by atoms with van der Waals surface area (Å²) in [6, 6.07) is 14.7. The zero-order valence-corrected chi connectivity index (χ0v) is 30.0. The minimum Gasteiger partial charge on any atom is -0.493 e. The molecule has 0 amide bonds. The van der Waals surface area contributed by atoms with Crippen LogP contribution in [0, 0.1) is 19.7 Å². The van der Waals surface area contributed by atoms with Crippen LogP contribution in [0.3, 0.4) is 0 Å². The number of thioether (sulfide) groups is 1. The number of carbonyl (C=O) groups is 1. The smallest absolute Gasteiger partial charge is 0.352 e. The van der Waals surface area contributed by atoms with E-state index in [1.807, 2.05) is 59.1 Å². The number of carboxylic acid groups (broad SMARTS) is 1. The van der Waals surface area contributed by atoms with E-state index in [1.165, 1.54) is 12.1 Å². The molecule has 3 aromatic heterocycles. The van der Waals surface area contributed by atoms with Crippen molar-refractivity contribution in [2.45, 2.75) is 64.1 Å². The van der Waals surface area contributed by atoms with Crippen molar-refractivity contribution in [3.8, 4) is 16.9 Å². The van der Waals surface area contributed by atoms with E-state index >= 15 is 0 Å². The maximum atomic E-state index is 14.3. The first-order valence-electron chi connectivity index (χ1n) is 16.9. The minimum absolute atomic E-state index is 0.226. The van der Waals surface area contributed by atoms with Crippen LogP contribution in [0.5, 0.6) is 5.75 Å². The first-order valence-corrected chi connectivity index (χ1v) is 18.4. The molecule has 0 radical (unpaired) electrons. The minimum atomic E-state index is -1.00. The molecular weight excluding hydrogens is 675 g/mol. The zero-order valence-electron chi connectivity index (χ0n) is 28.4. The summed E-state index contributed by atoms with van der Waals surface area (Å²) < 4.78 is 26.5. The van der Waals surface area contributed by atoms with Gasteiger partial charge in [-0.1, -0.05) is 17.7 Å². The number of nitrogens with zero attached hydrogens (tertiary/aromatic N) is 5. The van der Waals surface area contributed by atoms with Crippen molar-refractivity contribution in [3.05, 3.63) is 99.0 Å². The molecule has 8 bridgehead atoms. The van der Waals surface area contributed by atoms with Gasteiger partial charge in [0.25, 0.3) is 0 Å². The summed E-state index contributed by atoms with van der Waals surface area (Å²) in [7, 11) is 1.97. The SMILES string of the molecule is Cc1c(C(=O)O)n2c3ccc(Cl)c(c13)-c1c(nn(CCCN)c1C)CSCc1cc(n(C)n1)CCc1cc(c3ccc(F)cc3c1)OCCC2. The molecule has 4 heterocycles. The number of carboxylic acids is 1. The van der Waals surface area contributed by atoms with Crippen LogP contribution < -0.4 is 10.5 Å². The Labute approximate surface area is 299 Å². The number of hydrogen-bond donors (Lipinski definition) is 2. The predicted octanol–water partition coefficient (Wildman–Crippen LogP) is 7.85. The largest absolute Gasteiger partial charge is 0.493 e. The van der Waals surface area contributed by atoms with Crippen LogP contribution in [0.15, 0.2) is 48.5 Å². The topological polar surface area (TPSA) is 113 Å². The monoisotopic (exact) mass is 714 g/mol. The number of fused-ring (bicyclic) bond motifs is 8. The van der Waals surface area contributed by atoms with Gasteiger partial charge in [-0.25, -0.2) is 9.18 Å². The quantitative estimate of drug-likeness (QED) is 0.191. The lowest BCUT2D eigenvalue weighted by Gasteiger charge is -2.14. The van der Waals surface area contributed by atoms with Gasteiger partial charge >= 0.3 is 5.97 Å². The van der Waals surface area contributed by atoms with Crippen molar-refractivity contribution in [2.24, 2.45) is 12.8 Å². The molecule has 0 atom stereocenters. The second-order valence-corrected chi connectivity index (χ2v) is 14.3. The lowest BCUT2D eigenvalue weighted by molar-refractivity contribution is 0.0684. The van der Waals surface area contributed by atoms with E-state index in [9.17, 15) is 14.3 Å². The Morgan fingerprint density at radius 1 is 1.08 bits per heavy atom. The van der Waals surface area contributed by atoms with Gasteiger partial charge in [0, 0.05) is 75.5 Å². The number of halogens is 2. The number of aromatic carboxylic acids is 1. The van der Waals surface area contributed by atoms with Gasteiger partial charge < -0.3 is 20.1 Å². The van der Waals surface area contributed by atoms with E-state index < -0.39 is 5.97 Å². The molecule has 50 heavy (non-hydrogen) atoms. The number of aryl methyl sites for hydroxylation is 6. The molecule has 0 saturated heterocycles. The summed E-state index contributed by atoms with van der Waals surface area (Å²) in [4.78, 5) is 12.8. The molecule has 260 valence electrons. The molecule has 9 nitrogen and oxygen atoms in total. The first kappa shape index (κ1) is 34.1. The maximum absolute atomic E-state index is 14.3. The molecular formula is C38H40ClFN6O3S. The van der Waals surface area contributed by atoms with E-state index in [4.69, 9.17) is 32.3 Å². The van der Waals surface area contributed by atoms with Crippen molar-refractivity contribution in [1.29, 1.82) is 0 Å². The Kier molecular flexibility index (Phi) is 9.65. The van der Waals surface area contributed by atoms with Crippen molar-refractivity contribution >= 4 is 51.0 Å². The molecule has 0 saturated carbocycles. The van der Waals surface area contributed by atoms with E-state index in [0.717, 1.165) is 80.4 Å². The molecule has 1 aliphatic rings. The second-order valence-electron chi connectivity index (χ2n) is 12.9. The predicted molar refractivity (Wildman–Crippen MR) is 198 cm³/mol. The van der Waals surface area contributed by atoms with Crippen LogP contribution in [0.1, 0.15) is 57.2 Å². The normalized spacial score (nSPS) is 14.1. The highest BCUT2D eigenvalue weighted by molar-refractivity contribution is 7.97. The molecule has 1 aliphatic heterocycles. The molecule has 3 aromatic carbocycles. The van der Waals surface area contributed by atoms with Crippen LogP contribution in [0.4, 0.5) is 4.39 Å². The fraction of sp³-hybridized carbons (Fsp3) is 0.342. The van der Waals surface area contributed by atoms with Gasteiger partial charge in [0.2, 0.25) is 0 Å². The van der Waals surface area contributed by atoms with Gasteiger partial charge in [-0.2, -0.15) is 10.2 Å². The van der Waals surface area contributed by atoms with Gasteiger partial charge in [0.15, 0.2) is 0 Å². The van der Waals surface area contributed by atoms with Crippen LogP contribution in [-0.2, 0) is 44.5 Å². The highest BCUT2D eigenvalue weighted by atomic mass is 35.5. The maximum Gasteiger partial charge on any atom is 0.352 e. The highest BCUT2D eigenvalue weighted by Gasteiger charge is 2.27. The number of ether oxygens (including phenoxy) is 1. The second kappa shape index (κ2) is 14.1. The van der Waals surface area contributed by atoms with E-state index in [0.29, 0.717) is 60.5 Å².